The van der Waals surface area contributed by atoms with Crippen molar-refractivity contribution in [3.8, 4) is 0 Å². The molecule has 2 aromatic carbocycles. The van der Waals surface area contributed by atoms with Gasteiger partial charge in [0, 0.05) is 19.2 Å². The molecule has 1 fully saturated rings. The van der Waals surface area contributed by atoms with Crippen LogP contribution < -0.4 is 5.32 Å². The molecular weight excluding hydrogens is 234 g/mol. The Hall–Kier alpha value is -1.38. The fourth-order valence-electron chi connectivity index (χ4n) is 2.68. The van der Waals surface area contributed by atoms with Crippen LogP contribution in [0.4, 0.5) is 0 Å². The van der Waals surface area contributed by atoms with Crippen LogP contribution in [0.5, 0.6) is 0 Å². The molecule has 1 heterocycles. The second kappa shape index (κ2) is 5.72. The molecule has 1 aliphatic heterocycles. The van der Waals surface area contributed by atoms with Gasteiger partial charge in [0.15, 0.2) is 0 Å². The Labute approximate surface area is 114 Å². The van der Waals surface area contributed by atoms with Gasteiger partial charge in [0.25, 0.3) is 0 Å². The lowest BCUT2D eigenvalue weighted by Crippen LogP contribution is -2.25. The minimum atomic E-state index is 0.394. The van der Waals surface area contributed by atoms with Gasteiger partial charge < -0.3 is 10.1 Å². The van der Waals surface area contributed by atoms with Crippen LogP contribution in [0.25, 0.3) is 10.8 Å². The van der Waals surface area contributed by atoms with Gasteiger partial charge in [-0.15, -0.1) is 0 Å². The Morgan fingerprint density at radius 1 is 1.21 bits per heavy atom. The molecule has 0 bridgehead atoms. The molecule has 0 aliphatic carbocycles. The Bertz CT molecular complexity index is 546. The number of fused-ring (bicyclic) bond motifs is 1. The molecule has 0 radical (unpaired) electrons. The molecule has 1 N–H and O–H groups in total. The number of nitrogens with one attached hydrogen (secondary N) is 1. The van der Waals surface area contributed by atoms with Gasteiger partial charge in [-0.3, -0.25) is 0 Å². The first kappa shape index (κ1) is 12.6. The molecule has 0 aromatic heterocycles. The molecular formula is C17H21NO. The second-order valence-electron chi connectivity index (χ2n) is 5.47. The summed E-state index contributed by atoms with van der Waals surface area (Å²) in [7, 11) is 0. The summed E-state index contributed by atoms with van der Waals surface area (Å²) < 4.78 is 5.41. The molecule has 2 atom stereocenters. The summed E-state index contributed by atoms with van der Waals surface area (Å²) in [6.07, 6.45) is 1.19. The zero-order valence-corrected chi connectivity index (χ0v) is 11.4. The van der Waals surface area contributed by atoms with Gasteiger partial charge in [-0.05, 0) is 41.7 Å². The highest BCUT2D eigenvalue weighted by molar-refractivity contribution is 5.83. The van der Waals surface area contributed by atoms with Gasteiger partial charge in [0.1, 0.15) is 0 Å². The molecule has 100 valence electrons. The molecule has 1 saturated heterocycles. The van der Waals surface area contributed by atoms with E-state index in [0.717, 1.165) is 19.8 Å². The zero-order valence-electron chi connectivity index (χ0n) is 11.4. The first-order valence-electron chi connectivity index (χ1n) is 7.13. The first-order valence-corrected chi connectivity index (χ1v) is 7.13. The summed E-state index contributed by atoms with van der Waals surface area (Å²) in [5.41, 5.74) is 1.36. The topological polar surface area (TPSA) is 21.3 Å². The summed E-state index contributed by atoms with van der Waals surface area (Å²) >= 11 is 0. The molecule has 0 spiro atoms. The standard InChI is InChI=1S/C17H21NO/c1-13(18-11-14-8-9-19-12-14)16-7-6-15-4-2-3-5-17(15)10-16/h2-7,10,13-14,18H,8-9,11-12H2,1H3. The summed E-state index contributed by atoms with van der Waals surface area (Å²) in [6.45, 7) is 5.13. The van der Waals surface area contributed by atoms with Gasteiger partial charge in [-0.2, -0.15) is 0 Å². The van der Waals surface area contributed by atoms with Crippen LogP contribution in [0.2, 0.25) is 0 Å². The fourth-order valence-corrected chi connectivity index (χ4v) is 2.68. The van der Waals surface area contributed by atoms with E-state index in [1.165, 1.54) is 22.8 Å². The molecule has 19 heavy (non-hydrogen) atoms. The summed E-state index contributed by atoms with van der Waals surface area (Å²) in [6, 6.07) is 15.6. The van der Waals surface area contributed by atoms with Gasteiger partial charge in [0.2, 0.25) is 0 Å². The van der Waals surface area contributed by atoms with Crippen molar-refractivity contribution in [2.75, 3.05) is 19.8 Å². The summed E-state index contributed by atoms with van der Waals surface area (Å²) in [4.78, 5) is 0. The first-order chi connectivity index (χ1) is 9.33. The quantitative estimate of drug-likeness (QED) is 0.902. The van der Waals surface area contributed by atoms with Crippen LogP contribution in [-0.2, 0) is 4.74 Å². The summed E-state index contributed by atoms with van der Waals surface area (Å²) in [5, 5.41) is 6.25. The minimum Gasteiger partial charge on any atom is -0.381 e. The average molecular weight is 255 g/mol. The maximum absolute atomic E-state index is 5.41. The van der Waals surface area contributed by atoms with E-state index in [1.807, 2.05) is 0 Å². The predicted octanol–water partition coefficient (Wildman–Crippen LogP) is 3.53. The van der Waals surface area contributed by atoms with E-state index in [-0.39, 0.29) is 0 Å². The van der Waals surface area contributed by atoms with E-state index in [2.05, 4.69) is 54.7 Å². The fraction of sp³-hybridized carbons (Fsp3) is 0.412. The predicted molar refractivity (Wildman–Crippen MR) is 79.3 cm³/mol. The average Bonchev–Trinajstić information content (AvgIpc) is 2.97. The lowest BCUT2D eigenvalue weighted by molar-refractivity contribution is 0.184. The Morgan fingerprint density at radius 2 is 2.05 bits per heavy atom. The van der Waals surface area contributed by atoms with Gasteiger partial charge in [0.05, 0.1) is 6.61 Å². The van der Waals surface area contributed by atoms with Crippen molar-refractivity contribution in [1.29, 1.82) is 0 Å². The van der Waals surface area contributed by atoms with E-state index in [0.29, 0.717) is 12.0 Å². The van der Waals surface area contributed by atoms with E-state index in [1.54, 1.807) is 0 Å². The maximum Gasteiger partial charge on any atom is 0.0507 e. The van der Waals surface area contributed by atoms with Crippen molar-refractivity contribution in [1.82, 2.24) is 5.32 Å². The number of rotatable bonds is 4. The minimum absolute atomic E-state index is 0.394. The number of hydrogen-bond acceptors (Lipinski definition) is 2. The normalized spacial score (nSPS) is 20.8. The number of benzene rings is 2. The van der Waals surface area contributed by atoms with Gasteiger partial charge in [-0.25, -0.2) is 0 Å². The lowest BCUT2D eigenvalue weighted by atomic mass is 10.0. The van der Waals surface area contributed by atoms with Crippen molar-refractivity contribution in [2.24, 2.45) is 5.92 Å². The van der Waals surface area contributed by atoms with Crippen molar-refractivity contribution in [3.63, 3.8) is 0 Å². The van der Waals surface area contributed by atoms with Crippen molar-refractivity contribution >= 4 is 10.8 Å². The van der Waals surface area contributed by atoms with Crippen molar-refractivity contribution in [3.05, 3.63) is 48.0 Å². The highest BCUT2D eigenvalue weighted by atomic mass is 16.5. The smallest absolute Gasteiger partial charge is 0.0507 e. The van der Waals surface area contributed by atoms with E-state index in [4.69, 9.17) is 4.74 Å². The molecule has 0 amide bonds. The van der Waals surface area contributed by atoms with Gasteiger partial charge >= 0.3 is 0 Å². The molecule has 2 unspecified atom stereocenters. The van der Waals surface area contributed by atoms with Crippen LogP contribution in [0.1, 0.15) is 24.9 Å². The lowest BCUT2D eigenvalue weighted by Gasteiger charge is -2.17. The third kappa shape index (κ3) is 2.96. The largest absolute Gasteiger partial charge is 0.381 e. The van der Waals surface area contributed by atoms with Crippen molar-refractivity contribution in [2.45, 2.75) is 19.4 Å². The van der Waals surface area contributed by atoms with Crippen molar-refractivity contribution < 1.29 is 4.74 Å². The third-order valence-corrected chi connectivity index (χ3v) is 4.01. The number of hydrogen-bond donors (Lipinski definition) is 1. The molecule has 1 aliphatic rings. The SMILES string of the molecule is CC(NCC1CCOC1)c1ccc2ccccc2c1. The molecule has 2 heteroatoms. The van der Waals surface area contributed by atoms with Crippen LogP contribution in [0.3, 0.4) is 0 Å². The van der Waals surface area contributed by atoms with E-state index in [9.17, 15) is 0 Å². The molecule has 2 nitrogen and oxygen atoms in total. The van der Waals surface area contributed by atoms with Crippen LogP contribution in [0, 0.1) is 5.92 Å². The number of ether oxygens (including phenoxy) is 1. The van der Waals surface area contributed by atoms with Crippen LogP contribution in [0.15, 0.2) is 42.5 Å². The van der Waals surface area contributed by atoms with E-state index < -0.39 is 0 Å². The second-order valence-corrected chi connectivity index (χ2v) is 5.47. The molecule has 3 rings (SSSR count). The third-order valence-electron chi connectivity index (χ3n) is 4.01. The van der Waals surface area contributed by atoms with Crippen LogP contribution >= 0.6 is 0 Å². The molecule has 2 aromatic rings. The highest BCUT2D eigenvalue weighted by Crippen LogP contribution is 2.21. The van der Waals surface area contributed by atoms with Gasteiger partial charge in [-0.1, -0.05) is 36.4 Å². The molecule has 0 saturated carbocycles. The van der Waals surface area contributed by atoms with Crippen LogP contribution in [-0.4, -0.2) is 19.8 Å². The zero-order chi connectivity index (χ0) is 13.1. The van der Waals surface area contributed by atoms with E-state index >= 15 is 0 Å². The maximum atomic E-state index is 5.41. The highest BCUT2D eigenvalue weighted by Gasteiger charge is 2.16. The monoisotopic (exact) mass is 255 g/mol. The Balaban J connectivity index is 1.68. The Morgan fingerprint density at radius 3 is 2.84 bits per heavy atom. The summed E-state index contributed by atoms with van der Waals surface area (Å²) in [5.74, 6) is 0.683. The Kier molecular flexibility index (Phi) is 3.81.